The first-order valence-corrected chi connectivity index (χ1v) is 5.28. The Morgan fingerprint density at radius 2 is 2.20 bits per heavy atom. The fraction of sp³-hybridized carbons (Fsp3) is 0.231. The maximum Gasteiger partial charge on any atom is 0.0653 e. The standard InChI is InChI=1S/C13H13NO/c1-2-12(10-4-7-15-8-5-10)9-13-11(1)3-6-14-13/h1-4,6,9,14H,5,7-8H2. The summed E-state index contributed by atoms with van der Waals surface area (Å²) in [5.74, 6) is 0. The summed E-state index contributed by atoms with van der Waals surface area (Å²) in [6, 6.07) is 8.66. The van der Waals surface area contributed by atoms with Gasteiger partial charge in [0.2, 0.25) is 0 Å². The first-order chi connectivity index (χ1) is 7.43. The third kappa shape index (κ3) is 1.57. The van der Waals surface area contributed by atoms with E-state index in [9.17, 15) is 0 Å². The monoisotopic (exact) mass is 199 g/mol. The fourth-order valence-electron chi connectivity index (χ4n) is 2.04. The van der Waals surface area contributed by atoms with Crippen LogP contribution in [0, 0.1) is 0 Å². The Hall–Kier alpha value is -1.54. The lowest BCUT2D eigenvalue weighted by atomic mass is 10.0. The van der Waals surface area contributed by atoms with E-state index in [2.05, 4.69) is 35.3 Å². The van der Waals surface area contributed by atoms with E-state index in [0.29, 0.717) is 0 Å². The molecule has 76 valence electrons. The van der Waals surface area contributed by atoms with Crippen molar-refractivity contribution in [3.05, 3.63) is 42.1 Å². The molecule has 2 heteroatoms. The van der Waals surface area contributed by atoms with Crippen LogP contribution in [0.15, 0.2) is 36.5 Å². The topological polar surface area (TPSA) is 25.0 Å². The average Bonchev–Trinajstić information content (AvgIpc) is 2.77. The van der Waals surface area contributed by atoms with Crippen molar-refractivity contribution >= 4 is 16.5 Å². The SMILES string of the molecule is C1=C(c2ccc3cc[nH]c3c2)CCOC1. The molecule has 0 saturated heterocycles. The highest BCUT2D eigenvalue weighted by Gasteiger charge is 2.06. The lowest BCUT2D eigenvalue weighted by Crippen LogP contribution is -2.03. The highest BCUT2D eigenvalue weighted by atomic mass is 16.5. The van der Waals surface area contributed by atoms with E-state index in [1.807, 2.05) is 6.20 Å². The van der Waals surface area contributed by atoms with Gasteiger partial charge in [0.25, 0.3) is 0 Å². The second-order valence-electron chi connectivity index (χ2n) is 3.83. The zero-order valence-electron chi connectivity index (χ0n) is 8.49. The Bertz CT molecular complexity index is 510. The highest BCUT2D eigenvalue weighted by Crippen LogP contribution is 2.24. The van der Waals surface area contributed by atoms with E-state index < -0.39 is 0 Å². The second kappa shape index (κ2) is 3.55. The van der Waals surface area contributed by atoms with Crippen molar-refractivity contribution in [2.45, 2.75) is 6.42 Å². The molecule has 2 heterocycles. The summed E-state index contributed by atoms with van der Waals surface area (Å²) in [7, 11) is 0. The number of aromatic amines is 1. The smallest absolute Gasteiger partial charge is 0.0653 e. The molecule has 0 bridgehead atoms. The summed E-state index contributed by atoms with van der Waals surface area (Å²) in [6.45, 7) is 1.59. The van der Waals surface area contributed by atoms with Crippen LogP contribution in [0.25, 0.3) is 16.5 Å². The molecule has 0 saturated carbocycles. The summed E-state index contributed by atoms with van der Waals surface area (Å²) < 4.78 is 5.31. The van der Waals surface area contributed by atoms with Crippen LogP contribution in [0.2, 0.25) is 0 Å². The molecule has 0 fully saturated rings. The predicted molar refractivity (Wildman–Crippen MR) is 61.7 cm³/mol. The molecule has 2 aromatic rings. The lowest BCUT2D eigenvalue weighted by molar-refractivity contribution is 0.161. The minimum atomic E-state index is 0.748. The molecule has 0 amide bonds. The van der Waals surface area contributed by atoms with Crippen LogP contribution in [0.5, 0.6) is 0 Å². The molecular formula is C13H13NO. The Kier molecular flexibility index (Phi) is 2.07. The Labute approximate surface area is 88.6 Å². The maximum absolute atomic E-state index is 5.31. The zero-order chi connectivity index (χ0) is 10.1. The van der Waals surface area contributed by atoms with E-state index in [4.69, 9.17) is 4.74 Å². The van der Waals surface area contributed by atoms with Crippen LogP contribution in [0.4, 0.5) is 0 Å². The van der Waals surface area contributed by atoms with Crippen molar-refractivity contribution in [2.24, 2.45) is 0 Å². The Morgan fingerprint density at radius 3 is 3.07 bits per heavy atom. The molecule has 0 radical (unpaired) electrons. The van der Waals surface area contributed by atoms with Crippen LogP contribution < -0.4 is 0 Å². The first-order valence-electron chi connectivity index (χ1n) is 5.28. The molecule has 0 unspecified atom stereocenters. The molecule has 1 aromatic heterocycles. The van der Waals surface area contributed by atoms with Gasteiger partial charge in [-0.2, -0.15) is 0 Å². The molecule has 1 aromatic carbocycles. The quantitative estimate of drug-likeness (QED) is 0.750. The second-order valence-corrected chi connectivity index (χ2v) is 3.83. The molecule has 0 aliphatic carbocycles. The molecule has 3 rings (SSSR count). The summed E-state index contributed by atoms with van der Waals surface area (Å²) in [4.78, 5) is 3.24. The van der Waals surface area contributed by atoms with Crippen LogP contribution in [-0.4, -0.2) is 18.2 Å². The molecule has 0 spiro atoms. The van der Waals surface area contributed by atoms with Crippen LogP contribution in [-0.2, 0) is 4.74 Å². The van der Waals surface area contributed by atoms with Gasteiger partial charge >= 0.3 is 0 Å². The zero-order valence-corrected chi connectivity index (χ0v) is 8.49. The van der Waals surface area contributed by atoms with Crippen LogP contribution in [0.3, 0.4) is 0 Å². The number of fused-ring (bicyclic) bond motifs is 1. The number of aromatic nitrogens is 1. The normalized spacial score (nSPS) is 16.7. The van der Waals surface area contributed by atoms with Gasteiger partial charge in [-0.25, -0.2) is 0 Å². The fourth-order valence-corrected chi connectivity index (χ4v) is 2.04. The van der Waals surface area contributed by atoms with Crippen LogP contribution in [0.1, 0.15) is 12.0 Å². The van der Waals surface area contributed by atoms with Crippen molar-refractivity contribution in [3.8, 4) is 0 Å². The van der Waals surface area contributed by atoms with E-state index in [0.717, 1.165) is 19.6 Å². The van der Waals surface area contributed by atoms with Crippen molar-refractivity contribution in [1.29, 1.82) is 0 Å². The van der Waals surface area contributed by atoms with E-state index in [-0.39, 0.29) is 0 Å². The largest absolute Gasteiger partial charge is 0.377 e. The average molecular weight is 199 g/mol. The summed E-state index contributed by atoms with van der Waals surface area (Å²) in [6.07, 6.45) is 5.17. The molecule has 1 aliphatic rings. The van der Waals surface area contributed by atoms with Gasteiger partial charge < -0.3 is 9.72 Å². The molecule has 1 aliphatic heterocycles. The molecular weight excluding hydrogens is 186 g/mol. The van der Waals surface area contributed by atoms with Gasteiger partial charge in [0, 0.05) is 11.7 Å². The number of hydrogen-bond acceptors (Lipinski definition) is 1. The van der Waals surface area contributed by atoms with Crippen molar-refractivity contribution in [3.63, 3.8) is 0 Å². The van der Waals surface area contributed by atoms with E-state index in [1.54, 1.807) is 0 Å². The number of benzene rings is 1. The van der Waals surface area contributed by atoms with Gasteiger partial charge in [-0.15, -0.1) is 0 Å². The van der Waals surface area contributed by atoms with Gasteiger partial charge in [0.1, 0.15) is 0 Å². The van der Waals surface area contributed by atoms with Gasteiger partial charge in [0.15, 0.2) is 0 Å². The Balaban J connectivity index is 2.06. The van der Waals surface area contributed by atoms with E-state index in [1.165, 1.54) is 22.0 Å². The highest BCUT2D eigenvalue weighted by molar-refractivity contribution is 5.83. The summed E-state index contributed by atoms with van der Waals surface area (Å²) >= 11 is 0. The third-order valence-corrected chi connectivity index (χ3v) is 2.89. The third-order valence-electron chi connectivity index (χ3n) is 2.89. The van der Waals surface area contributed by atoms with Crippen LogP contribution >= 0.6 is 0 Å². The summed E-state index contributed by atoms with van der Waals surface area (Å²) in [5, 5.41) is 1.27. The Morgan fingerprint density at radius 1 is 1.20 bits per heavy atom. The van der Waals surface area contributed by atoms with Crippen molar-refractivity contribution in [2.75, 3.05) is 13.2 Å². The minimum Gasteiger partial charge on any atom is -0.377 e. The van der Waals surface area contributed by atoms with Gasteiger partial charge in [-0.1, -0.05) is 18.2 Å². The number of ether oxygens (including phenoxy) is 1. The van der Waals surface area contributed by atoms with E-state index >= 15 is 0 Å². The van der Waals surface area contributed by atoms with Gasteiger partial charge in [0.05, 0.1) is 13.2 Å². The first kappa shape index (κ1) is 8.74. The predicted octanol–water partition coefficient (Wildman–Crippen LogP) is 2.97. The molecule has 2 nitrogen and oxygen atoms in total. The lowest BCUT2D eigenvalue weighted by Gasteiger charge is -2.13. The maximum atomic E-state index is 5.31. The molecule has 0 atom stereocenters. The van der Waals surface area contributed by atoms with Crippen molar-refractivity contribution in [1.82, 2.24) is 4.98 Å². The molecule has 1 N–H and O–H groups in total. The number of nitrogens with one attached hydrogen (secondary N) is 1. The number of rotatable bonds is 1. The number of H-pyrrole nitrogens is 1. The number of hydrogen-bond donors (Lipinski definition) is 1. The molecule has 15 heavy (non-hydrogen) atoms. The van der Waals surface area contributed by atoms with Gasteiger partial charge in [-0.05, 0) is 35.1 Å². The minimum absolute atomic E-state index is 0.748. The van der Waals surface area contributed by atoms with Crippen molar-refractivity contribution < 1.29 is 4.74 Å². The van der Waals surface area contributed by atoms with Gasteiger partial charge in [-0.3, -0.25) is 0 Å². The summed E-state index contributed by atoms with van der Waals surface area (Å²) in [5.41, 5.74) is 3.92.